The molecule has 0 fully saturated rings. The van der Waals surface area contributed by atoms with Gasteiger partial charge in [0.05, 0.1) is 49.8 Å². The van der Waals surface area contributed by atoms with Crippen LogP contribution in [-0.2, 0) is 19.6 Å². The van der Waals surface area contributed by atoms with Crippen molar-refractivity contribution in [3.05, 3.63) is 72.3 Å². The maximum absolute atomic E-state index is 13.7. The minimum Gasteiger partial charge on any atom is -0.493 e. The van der Waals surface area contributed by atoms with Gasteiger partial charge in [-0.15, -0.1) is 0 Å². The summed E-state index contributed by atoms with van der Waals surface area (Å²) in [7, 11) is -0.178. The predicted molar refractivity (Wildman–Crippen MR) is 138 cm³/mol. The molecule has 3 rings (SSSR count). The summed E-state index contributed by atoms with van der Waals surface area (Å²) in [5.41, 5.74) is 0.245. The van der Waals surface area contributed by atoms with Crippen LogP contribution in [0.2, 0.25) is 0 Å². The molecule has 0 aliphatic heterocycles. The number of benzene rings is 3. The summed E-state index contributed by atoms with van der Waals surface area (Å²) in [6.07, 6.45) is 0. The van der Waals surface area contributed by atoms with Gasteiger partial charge in [0.2, 0.25) is 5.91 Å². The number of esters is 1. The minimum atomic E-state index is -4.18. The van der Waals surface area contributed by atoms with E-state index in [0.29, 0.717) is 5.75 Å². The lowest BCUT2D eigenvalue weighted by Crippen LogP contribution is -2.38. The van der Waals surface area contributed by atoms with Crippen LogP contribution in [0.1, 0.15) is 17.3 Å². The first-order valence-corrected chi connectivity index (χ1v) is 12.6. The molecule has 0 radical (unpaired) electrons. The fraction of sp³-hybridized carbons (Fsp3) is 0.231. The van der Waals surface area contributed by atoms with E-state index < -0.39 is 28.4 Å². The maximum Gasteiger partial charge on any atom is 0.340 e. The topological polar surface area (TPSA) is 120 Å². The Balaban J connectivity index is 2.05. The van der Waals surface area contributed by atoms with E-state index in [0.717, 1.165) is 4.31 Å². The van der Waals surface area contributed by atoms with Crippen LogP contribution in [0.4, 0.5) is 11.4 Å². The summed E-state index contributed by atoms with van der Waals surface area (Å²) in [4.78, 5) is 25.7. The van der Waals surface area contributed by atoms with Crippen molar-refractivity contribution in [1.29, 1.82) is 0 Å². The van der Waals surface area contributed by atoms with Crippen molar-refractivity contribution in [2.24, 2.45) is 0 Å². The number of amides is 1. The molecule has 0 aliphatic carbocycles. The molecule has 0 saturated carbocycles. The van der Waals surface area contributed by atoms with E-state index in [2.05, 4.69) is 5.32 Å². The lowest BCUT2D eigenvalue weighted by molar-refractivity contribution is -0.114. The number of anilines is 2. The number of carbonyl (C=O) groups is 2. The van der Waals surface area contributed by atoms with Gasteiger partial charge in [-0.25, -0.2) is 13.2 Å². The van der Waals surface area contributed by atoms with Gasteiger partial charge in [-0.1, -0.05) is 30.3 Å². The van der Waals surface area contributed by atoms with Crippen LogP contribution < -0.4 is 23.8 Å². The van der Waals surface area contributed by atoms with Gasteiger partial charge >= 0.3 is 5.97 Å². The molecule has 1 N–H and O–H groups in total. The van der Waals surface area contributed by atoms with Crippen molar-refractivity contribution in [3.63, 3.8) is 0 Å². The average molecular weight is 529 g/mol. The molecule has 0 aromatic heterocycles. The number of sulfonamides is 1. The van der Waals surface area contributed by atoms with Crippen molar-refractivity contribution in [3.8, 4) is 17.2 Å². The van der Waals surface area contributed by atoms with Crippen LogP contribution in [0.5, 0.6) is 17.2 Å². The van der Waals surface area contributed by atoms with Gasteiger partial charge in [0.25, 0.3) is 10.0 Å². The van der Waals surface area contributed by atoms with E-state index in [1.807, 2.05) is 0 Å². The third kappa shape index (κ3) is 6.12. The molecule has 10 nitrogen and oxygen atoms in total. The molecule has 37 heavy (non-hydrogen) atoms. The van der Waals surface area contributed by atoms with Gasteiger partial charge in [-0.05, 0) is 31.2 Å². The van der Waals surface area contributed by atoms with Crippen LogP contribution in [0.25, 0.3) is 0 Å². The molecule has 3 aromatic carbocycles. The number of nitrogens with zero attached hydrogens (tertiary/aromatic N) is 1. The number of hydrogen-bond acceptors (Lipinski definition) is 8. The molecular formula is C26H28N2O8S. The minimum absolute atomic E-state index is 0.000632. The second kappa shape index (κ2) is 12.1. The van der Waals surface area contributed by atoms with Crippen LogP contribution in [-0.4, -0.2) is 54.8 Å². The Kier molecular flexibility index (Phi) is 8.96. The normalized spacial score (nSPS) is 10.8. The highest BCUT2D eigenvalue weighted by Gasteiger charge is 2.30. The standard InChI is InChI=1S/C26H28N2O8S/c1-5-36-22-14-10-9-13-21(22)28(37(31,32)18-11-7-6-8-12-18)17-25(29)27-20-16-24(34-3)23(33-2)15-19(20)26(30)35-4/h6-16H,5,17H2,1-4H3,(H,27,29). The second-order valence-corrected chi connectivity index (χ2v) is 9.38. The Hall–Kier alpha value is -4.25. The smallest absolute Gasteiger partial charge is 0.340 e. The maximum atomic E-state index is 13.7. The summed E-state index contributed by atoms with van der Waals surface area (Å²) < 4.78 is 49.3. The number of hydrogen-bond donors (Lipinski definition) is 1. The van der Waals surface area contributed by atoms with Crippen molar-refractivity contribution in [2.45, 2.75) is 11.8 Å². The van der Waals surface area contributed by atoms with Gasteiger partial charge < -0.3 is 24.3 Å². The Morgan fingerprint density at radius 1 is 0.865 bits per heavy atom. The third-order valence-electron chi connectivity index (χ3n) is 5.26. The van der Waals surface area contributed by atoms with E-state index in [9.17, 15) is 18.0 Å². The Labute approximate surface area is 215 Å². The van der Waals surface area contributed by atoms with Gasteiger partial charge in [0.1, 0.15) is 12.3 Å². The zero-order valence-electron chi connectivity index (χ0n) is 20.9. The molecule has 0 heterocycles. The molecule has 1 amide bonds. The molecular weight excluding hydrogens is 500 g/mol. The third-order valence-corrected chi connectivity index (χ3v) is 7.03. The molecule has 0 saturated heterocycles. The molecule has 3 aromatic rings. The molecule has 196 valence electrons. The Bertz CT molecular complexity index is 1360. The molecule has 11 heteroatoms. The second-order valence-electron chi connectivity index (χ2n) is 7.52. The zero-order valence-corrected chi connectivity index (χ0v) is 21.7. The summed E-state index contributed by atoms with van der Waals surface area (Å²) in [5.74, 6) is -0.658. The highest BCUT2D eigenvalue weighted by Crippen LogP contribution is 2.35. The fourth-order valence-corrected chi connectivity index (χ4v) is 4.99. The van der Waals surface area contributed by atoms with Gasteiger partial charge in [-0.3, -0.25) is 9.10 Å². The Morgan fingerprint density at radius 2 is 1.49 bits per heavy atom. The number of methoxy groups -OCH3 is 3. The molecule has 0 unspecified atom stereocenters. The highest BCUT2D eigenvalue weighted by atomic mass is 32.2. The number of rotatable bonds is 11. The van der Waals surface area contributed by atoms with E-state index in [1.165, 1.54) is 45.6 Å². The summed E-state index contributed by atoms with van der Waals surface area (Å²) in [6, 6.07) is 17.0. The van der Waals surface area contributed by atoms with E-state index in [-0.39, 0.29) is 39.9 Å². The summed E-state index contributed by atoms with van der Waals surface area (Å²) in [5, 5.41) is 2.60. The van der Waals surface area contributed by atoms with Crippen molar-refractivity contribution in [2.75, 3.05) is 44.1 Å². The molecule has 0 bridgehead atoms. The number of ether oxygens (including phenoxy) is 4. The highest BCUT2D eigenvalue weighted by molar-refractivity contribution is 7.92. The first-order chi connectivity index (χ1) is 17.8. The van der Waals surface area contributed by atoms with Gasteiger partial charge in [0.15, 0.2) is 11.5 Å². The van der Waals surface area contributed by atoms with Crippen molar-refractivity contribution >= 4 is 33.3 Å². The SMILES string of the molecule is CCOc1ccccc1N(CC(=O)Nc1cc(OC)c(OC)cc1C(=O)OC)S(=O)(=O)c1ccccc1. The zero-order chi connectivity index (χ0) is 27.0. The number of nitrogens with one attached hydrogen (secondary N) is 1. The first-order valence-electron chi connectivity index (χ1n) is 11.2. The molecule has 0 spiro atoms. The largest absolute Gasteiger partial charge is 0.493 e. The lowest BCUT2D eigenvalue weighted by atomic mass is 10.1. The van der Waals surface area contributed by atoms with Crippen LogP contribution in [0.3, 0.4) is 0 Å². The summed E-state index contributed by atoms with van der Waals surface area (Å²) in [6.45, 7) is 1.44. The molecule has 0 aliphatic rings. The van der Waals surface area contributed by atoms with E-state index in [1.54, 1.807) is 49.4 Å². The van der Waals surface area contributed by atoms with Crippen LogP contribution in [0, 0.1) is 0 Å². The monoisotopic (exact) mass is 528 g/mol. The lowest BCUT2D eigenvalue weighted by Gasteiger charge is -2.26. The quantitative estimate of drug-likeness (QED) is 0.374. The van der Waals surface area contributed by atoms with E-state index in [4.69, 9.17) is 18.9 Å². The summed E-state index contributed by atoms with van der Waals surface area (Å²) >= 11 is 0. The average Bonchev–Trinajstić information content (AvgIpc) is 2.92. The van der Waals surface area contributed by atoms with Crippen molar-refractivity contribution in [1.82, 2.24) is 0 Å². The number of carbonyl (C=O) groups excluding carboxylic acids is 2. The number of para-hydroxylation sites is 2. The predicted octanol–water partition coefficient (Wildman–Crippen LogP) is 3.72. The first kappa shape index (κ1) is 27.3. The van der Waals surface area contributed by atoms with Crippen LogP contribution in [0.15, 0.2) is 71.6 Å². The fourth-order valence-electron chi connectivity index (χ4n) is 3.54. The van der Waals surface area contributed by atoms with Crippen molar-refractivity contribution < 1.29 is 37.0 Å². The van der Waals surface area contributed by atoms with E-state index >= 15 is 0 Å². The Morgan fingerprint density at radius 3 is 2.11 bits per heavy atom. The van der Waals surface area contributed by atoms with Crippen LogP contribution >= 0.6 is 0 Å². The van der Waals surface area contributed by atoms with Gasteiger partial charge in [-0.2, -0.15) is 0 Å². The molecule has 0 atom stereocenters. The van der Waals surface area contributed by atoms with Gasteiger partial charge in [0, 0.05) is 12.1 Å².